The van der Waals surface area contributed by atoms with Crippen molar-refractivity contribution in [3.8, 4) is 11.4 Å². The van der Waals surface area contributed by atoms with E-state index < -0.39 is 0 Å². The molecule has 4 rings (SSSR count). The highest BCUT2D eigenvalue weighted by Crippen LogP contribution is 2.17. The van der Waals surface area contributed by atoms with Crippen molar-refractivity contribution in [2.75, 3.05) is 44.6 Å². The van der Waals surface area contributed by atoms with Crippen LogP contribution in [0, 0.1) is 0 Å². The first-order chi connectivity index (χ1) is 15.6. The van der Waals surface area contributed by atoms with E-state index in [1.807, 2.05) is 30.6 Å². The largest absolute Gasteiger partial charge is 0.330 e. The van der Waals surface area contributed by atoms with E-state index in [1.54, 1.807) is 24.3 Å². The third-order valence-electron chi connectivity index (χ3n) is 5.81. The molecule has 1 aromatic heterocycles. The van der Waals surface area contributed by atoms with Crippen LogP contribution in [0.4, 0.5) is 5.69 Å². The van der Waals surface area contributed by atoms with Crippen molar-refractivity contribution >= 4 is 17.4 Å². The van der Waals surface area contributed by atoms with Crippen molar-refractivity contribution in [2.24, 2.45) is 0 Å². The summed E-state index contributed by atoms with van der Waals surface area (Å²) in [5, 5.41) is 2.92. The molecule has 7 heteroatoms. The summed E-state index contributed by atoms with van der Waals surface area (Å²) in [7, 11) is 0. The Kier molecular flexibility index (Phi) is 7.09. The number of nitrogens with zero attached hydrogens (tertiary/aromatic N) is 4. The number of ketones is 1. The Bertz CT molecular complexity index is 1040. The standard InChI is InChI=1S/C25H29N5O2/c1-20(31)21-7-9-23(10-8-21)27-24(32)19-29-15-13-28(14-16-29)17-18-30-12-11-26-25(30)22-5-3-2-4-6-22/h2-12H,13-19H2,1H3,(H,27,32). The Balaban J connectivity index is 1.21. The fraction of sp³-hybridized carbons (Fsp3) is 0.320. The summed E-state index contributed by atoms with van der Waals surface area (Å²) in [6, 6.07) is 17.3. The second-order valence-corrected chi connectivity index (χ2v) is 8.11. The van der Waals surface area contributed by atoms with Gasteiger partial charge in [-0.25, -0.2) is 4.98 Å². The highest BCUT2D eigenvalue weighted by Gasteiger charge is 2.19. The third kappa shape index (κ3) is 5.69. The van der Waals surface area contributed by atoms with Crippen molar-refractivity contribution < 1.29 is 9.59 Å². The molecule has 2 heterocycles. The van der Waals surface area contributed by atoms with Gasteiger partial charge in [0.15, 0.2) is 5.78 Å². The van der Waals surface area contributed by atoms with Crippen LogP contribution in [0.1, 0.15) is 17.3 Å². The molecule has 1 saturated heterocycles. The van der Waals surface area contributed by atoms with Crippen LogP contribution < -0.4 is 5.32 Å². The Labute approximate surface area is 188 Å². The first-order valence-corrected chi connectivity index (χ1v) is 11.0. The number of Topliss-reactive ketones (excluding diaryl/α,β-unsaturated/α-hetero) is 1. The van der Waals surface area contributed by atoms with Gasteiger partial charge in [-0.3, -0.25) is 19.4 Å². The number of nitrogens with one attached hydrogen (secondary N) is 1. The van der Waals surface area contributed by atoms with Gasteiger partial charge in [-0.15, -0.1) is 0 Å². The summed E-state index contributed by atoms with van der Waals surface area (Å²) in [5.41, 5.74) is 2.49. The van der Waals surface area contributed by atoms with E-state index in [4.69, 9.17) is 0 Å². The van der Waals surface area contributed by atoms with E-state index in [9.17, 15) is 9.59 Å². The van der Waals surface area contributed by atoms with Crippen LogP contribution in [-0.4, -0.2) is 70.3 Å². The molecule has 0 radical (unpaired) electrons. The van der Waals surface area contributed by atoms with Gasteiger partial charge in [-0.05, 0) is 31.2 Å². The predicted molar refractivity (Wildman–Crippen MR) is 126 cm³/mol. The lowest BCUT2D eigenvalue weighted by atomic mass is 10.1. The van der Waals surface area contributed by atoms with Gasteiger partial charge in [0.05, 0.1) is 6.54 Å². The van der Waals surface area contributed by atoms with Crippen LogP contribution in [-0.2, 0) is 11.3 Å². The van der Waals surface area contributed by atoms with Crippen LogP contribution in [0.15, 0.2) is 67.0 Å². The number of hydrogen-bond acceptors (Lipinski definition) is 5. The van der Waals surface area contributed by atoms with E-state index in [0.717, 1.165) is 50.7 Å². The Morgan fingerprint density at radius 3 is 2.28 bits per heavy atom. The summed E-state index contributed by atoms with van der Waals surface area (Å²) in [6.45, 7) is 7.37. The SMILES string of the molecule is CC(=O)c1ccc(NC(=O)CN2CCN(CCn3ccnc3-c3ccccc3)CC2)cc1. The molecular weight excluding hydrogens is 402 g/mol. The minimum absolute atomic E-state index is 0.0186. The van der Waals surface area contributed by atoms with Crippen molar-refractivity contribution in [3.63, 3.8) is 0 Å². The number of carbonyl (C=O) groups excluding carboxylic acids is 2. The number of aromatic nitrogens is 2. The molecule has 3 aromatic rings. The molecule has 0 unspecified atom stereocenters. The van der Waals surface area contributed by atoms with Gasteiger partial charge in [-0.2, -0.15) is 0 Å². The molecule has 0 bridgehead atoms. The summed E-state index contributed by atoms with van der Waals surface area (Å²) in [5.74, 6) is 0.988. The van der Waals surface area contributed by atoms with Crippen molar-refractivity contribution in [2.45, 2.75) is 13.5 Å². The van der Waals surface area contributed by atoms with Gasteiger partial charge in [0, 0.05) is 68.5 Å². The van der Waals surface area contributed by atoms with Crippen LogP contribution in [0.2, 0.25) is 0 Å². The number of amides is 1. The number of carbonyl (C=O) groups is 2. The second kappa shape index (κ2) is 10.3. The van der Waals surface area contributed by atoms with Crippen molar-refractivity contribution in [1.29, 1.82) is 0 Å². The zero-order valence-electron chi connectivity index (χ0n) is 18.4. The second-order valence-electron chi connectivity index (χ2n) is 8.11. The normalized spacial score (nSPS) is 14.9. The van der Waals surface area contributed by atoms with Crippen molar-refractivity contribution in [1.82, 2.24) is 19.4 Å². The smallest absolute Gasteiger partial charge is 0.238 e. The lowest BCUT2D eigenvalue weighted by Crippen LogP contribution is -2.49. The fourth-order valence-electron chi connectivity index (χ4n) is 3.95. The van der Waals surface area contributed by atoms with E-state index in [2.05, 4.69) is 36.8 Å². The molecular formula is C25H29N5O2. The van der Waals surface area contributed by atoms with Crippen LogP contribution in [0.25, 0.3) is 11.4 Å². The maximum atomic E-state index is 12.4. The van der Waals surface area contributed by atoms with Gasteiger partial charge < -0.3 is 9.88 Å². The maximum Gasteiger partial charge on any atom is 0.238 e. The van der Waals surface area contributed by atoms with E-state index in [1.165, 1.54) is 6.92 Å². The molecule has 0 spiro atoms. The molecule has 0 saturated carbocycles. The summed E-state index contributed by atoms with van der Waals surface area (Å²) in [6.07, 6.45) is 3.89. The third-order valence-corrected chi connectivity index (χ3v) is 5.81. The molecule has 166 valence electrons. The molecule has 32 heavy (non-hydrogen) atoms. The average molecular weight is 432 g/mol. The van der Waals surface area contributed by atoms with Crippen LogP contribution >= 0.6 is 0 Å². The van der Waals surface area contributed by atoms with Crippen LogP contribution in [0.3, 0.4) is 0 Å². The monoisotopic (exact) mass is 431 g/mol. The first kappa shape index (κ1) is 21.9. The molecule has 1 fully saturated rings. The average Bonchev–Trinajstić information content (AvgIpc) is 3.28. The van der Waals surface area contributed by atoms with E-state index in [0.29, 0.717) is 17.8 Å². The van der Waals surface area contributed by atoms with Gasteiger partial charge in [0.2, 0.25) is 5.91 Å². The van der Waals surface area contributed by atoms with Crippen LogP contribution in [0.5, 0.6) is 0 Å². The zero-order valence-corrected chi connectivity index (χ0v) is 18.4. The van der Waals surface area contributed by atoms with Crippen molar-refractivity contribution in [3.05, 3.63) is 72.6 Å². The Morgan fingerprint density at radius 1 is 0.906 bits per heavy atom. The number of imidazole rings is 1. The number of piperazine rings is 1. The Morgan fingerprint density at radius 2 is 1.59 bits per heavy atom. The minimum atomic E-state index is -0.0278. The molecule has 1 aliphatic rings. The highest BCUT2D eigenvalue weighted by atomic mass is 16.2. The molecule has 7 nitrogen and oxygen atoms in total. The summed E-state index contributed by atoms with van der Waals surface area (Å²) < 4.78 is 2.20. The Hall–Kier alpha value is -3.29. The fourth-order valence-corrected chi connectivity index (χ4v) is 3.95. The number of rotatable bonds is 8. The molecule has 0 aliphatic carbocycles. The predicted octanol–water partition coefficient (Wildman–Crippen LogP) is 3.01. The molecule has 0 atom stereocenters. The molecule has 1 aliphatic heterocycles. The number of anilines is 1. The first-order valence-electron chi connectivity index (χ1n) is 11.0. The summed E-state index contributed by atoms with van der Waals surface area (Å²) >= 11 is 0. The maximum absolute atomic E-state index is 12.4. The van der Waals surface area contributed by atoms with Gasteiger partial charge in [0.25, 0.3) is 0 Å². The topological polar surface area (TPSA) is 70.5 Å². The van der Waals surface area contributed by atoms with Gasteiger partial charge >= 0.3 is 0 Å². The van der Waals surface area contributed by atoms with Gasteiger partial charge in [-0.1, -0.05) is 30.3 Å². The summed E-state index contributed by atoms with van der Waals surface area (Å²) in [4.78, 5) is 32.9. The molecule has 1 amide bonds. The molecule has 2 aromatic carbocycles. The van der Waals surface area contributed by atoms with Gasteiger partial charge in [0.1, 0.15) is 5.82 Å². The lowest BCUT2D eigenvalue weighted by molar-refractivity contribution is -0.117. The van der Waals surface area contributed by atoms with E-state index in [-0.39, 0.29) is 11.7 Å². The quantitative estimate of drug-likeness (QED) is 0.555. The minimum Gasteiger partial charge on any atom is -0.330 e. The zero-order chi connectivity index (χ0) is 22.3. The highest BCUT2D eigenvalue weighted by molar-refractivity contribution is 5.96. The lowest BCUT2D eigenvalue weighted by Gasteiger charge is -2.34. The molecule has 1 N–H and O–H groups in total. The van der Waals surface area contributed by atoms with E-state index >= 15 is 0 Å². The number of benzene rings is 2. The number of hydrogen-bond donors (Lipinski definition) is 1.